The van der Waals surface area contributed by atoms with Gasteiger partial charge in [-0.05, 0) is 31.2 Å². The van der Waals surface area contributed by atoms with Crippen LogP contribution in [0.25, 0.3) is 22.6 Å². The van der Waals surface area contributed by atoms with Crippen molar-refractivity contribution in [2.24, 2.45) is 7.05 Å². The van der Waals surface area contributed by atoms with E-state index in [0.29, 0.717) is 5.82 Å². The average Bonchev–Trinajstić information content (AvgIpc) is 3.21. The molecule has 1 amide bonds. The minimum absolute atomic E-state index is 0.160. The summed E-state index contributed by atoms with van der Waals surface area (Å²) in [7, 11) is 1.87. The normalized spacial score (nSPS) is 11.8. The Kier molecular flexibility index (Phi) is 5.58. The molecule has 0 saturated heterocycles. The first kappa shape index (κ1) is 19.4. The quantitative estimate of drug-likeness (QED) is 0.516. The van der Waals surface area contributed by atoms with E-state index in [1.165, 1.54) is 0 Å². The summed E-state index contributed by atoms with van der Waals surface area (Å²) in [5.41, 5.74) is 4.37. The van der Waals surface area contributed by atoms with Crippen molar-refractivity contribution in [1.29, 1.82) is 0 Å². The lowest BCUT2D eigenvalue weighted by Crippen LogP contribution is -2.86. The highest BCUT2D eigenvalue weighted by Gasteiger charge is 2.18. The van der Waals surface area contributed by atoms with Gasteiger partial charge in [-0.1, -0.05) is 30.3 Å². The molecule has 0 radical (unpaired) electrons. The van der Waals surface area contributed by atoms with Gasteiger partial charge in [0.25, 0.3) is 5.91 Å². The summed E-state index contributed by atoms with van der Waals surface area (Å²) in [6, 6.07) is 18.8. The van der Waals surface area contributed by atoms with Crippen LogP contribution in [0.2, 0.25) is 0 Å². The molecule has 1 aromatic carbocycles. The molecule has 1 atom stereocenters. The zero-order valence-electron chi connectivity index (χ0n) is 16.7. The number of aromatic nitrogens is 5. The highest BCUT2D eigenvalue weighted by atomic mass is 16.2. The van der Waals surface area contributed by atoms with Crippen LogP contribution < -0.4 is 10.6 Å². The number of rotatable bonds is 6. The number of carbonyl (C=O) groups is 1. The van der Waals surface area contributed by atoms with E-state index in [9.17, 15) is 4.79 Å². The molecule has 0 aliphatic heterocycles. The van der Waals surface area contributed by atoms with Crippen molar-refractivity contribution in [3.05, 3.63) is 73.1 Å². The van der Waals surface area contributed by atoms with E-state index in [1.54, 1.807) is 23.1 Å². The third-order valence-electron chi connectivity index (χ3n) is 4.71. The van der Waals surface area contributed by atoms with E-state index in [2.05, 4.69) is 25.6 Å². The maximum absolute atomic E-state index is 12.5. The molecule has 0 fully saturated rings. The molecule has 150 valence electrons. The van der Waals surface area contributed by atoms with Crippen molar-refractivity contribution in [1.82, 2.24) is 25.0 Å². The molecule has 3 N–H and O–H groups in total. The molecule has 0 aliphatic rings. The number of aryl methyl sites for hydroxylation is 1. The molecular weight excluding hydrogens is 378 g/mol. The average molecular weight is 400 g/mol. The predicted molar refractivity (Wildman–Crippen MR) is 114 cm³/mol. The van der Waals surface area contributed by atoms with Crippen molar-refractivity contribution >= 4 is 17.4 Å². The highest BCUT2D eigenvalue weighted by Crippen LogP contribution is 2.17. The van der Waals surface area contributed by atoms with Crippen molar-refractivity contribution in [2.75, 3.05) is 5.32 Å². The number of nitrogens with zero attached hydrogens (tertiary/aromatic N) is 5. The second-order valence-corrected chi connectivity index (χ2v) is 6.93. The second kappa shape index (κ2) is 8.62. The monoisotopic (exact) mass is 400 g/mol. The molecule has 0 bridgehead atoms. The van der Waals surface area contributed by atoms with Crippen LogP contribution in [-0.2, 0) is 11.8 Å². The molecule has 3 heterocycles. The molecule has 30 heavy (non-hydrogen) atoms. The number of benzene rings is 1. The fraction of sp³-hybridized carbons (Fsp3) is 0.136. The van der Waals surface area contributed by atoms with Gasteiger partial charge in [-0.3, -0.25) is 9.48 Å². The Morgan fingerprint density at radius 1 is 1.00 bits per heavy atom. The van der Waals surface area contributed by atoms with Gasteiger partial charge in [0, 0.05) is 24.9 Å². The summed E-state index contributed by atoms with van der Waals surface area (Å²) in [5, 5.41) is 17.1. The summed E-state index contributed by atoms with van der Waals surface area (Å²) < 4.78 is 1.77. The number of quaternary nitrogens is 1. The van der Waals surface area contributed by atoms with Gasteiger partial charge in [0.15, 0.2) is 11.9 Å². The molecule has 0 unspecified atom stereocenters. The molecule has 3 aromatic heterocycles. The number of nitrogens with one attached hydrogen (secondary N) is 1. The lowest BCUT2D eigenvalue weighted by atomic mass is 10.1. The van der Waals surface area contributed by atoms with Crippen molar-refractivity contribution in [3.63, 3.8) is 0 Å². The zero-order chi connectivity index (χ0) is 20.9. The predicted octanol–water partition coefficient (Wildman–Crippen LogP) is 2.16. The van der Waals surface area contributed by atoms with Gasteiger partial charge >= 0.3 is 0 Å². The summed E-state index contributed by atoms with van der Waals surface area (Å²) in [6.07, 6.45) is 3.49. The van der Waals surface area contributed by atoms with Crippen LogP contribution in [0.15, 0.2) is 73.1 Å². The van der Waals surface area contributed by atoms with Gasteiger partial charge in [0.2, 0.25) is 0 Å². The fourth-order valence-electron chi connectivity index (χ4n) is 3.05. The maximum Gasteiger partial charge on any atom is 0.283 e. The lowest BCUT2D eigenvalue weighted by molar-refractivity contribution is -0.592. The van der Waals surface area contributed by atoms with Crippen molar-refractivity contribution in [2.45, 2.75) is 13.0 Å². The standard InChI is InChI=1S/C22H21N7O/c1-15(25-17-8-9-19(23-14-17)20-12-13-24-29(20)2)22(30)26-21-11-10-18(27-28-21)16-6-4-3-5-7-16/h3-15,25H,1-2H3,(H,26,28,30)/p+1/t15-/m1/s1. The van der Waals surface area contributed by atoms with Crippen LogP contribution in [0.3, 0.4) is 0 Å². The van der Waals surface area contributed by atoms with Gasteiger partial charge in [-0.2, -0.15) is 5.10 Å². The SMILES string of the molecule is C[C@@H]([NH2+]c1ccc(-c2ccnn2C)nc1)C(=O)Nc1ccc(-c2ccccc2)nn1. The number of hydrogen-bond acceptors (Lipinski definition) is 5. The largest absolute Gasteiger partial charge is 0.304 e. The number of amides is 1. The Morgan fingerprint density at radius 3 is 2.43 bits per heavy atom. The number of hydrogen-bond donors (Lipinski definition) is 2. The topological polar surface area (TPSA) is 102 Å². The van der Waals surface area contributed by atoms with Crippen molar-refractivity contribution < 1.29 is 10.1 Å². The van der Waals surface area contributed by atoms with Crippen LogP contribution in [0, 0.1) is 0 Å². The first-order valence-electron chi connectivity index (χ1n) is 9.59. The van der Waals surface area contributed by atoms with Gasteiger partial charge in [-0.25, -0.2) is 4.98 Å². The van der Waals surface area contributed by atoms with Gasteiger partial charge in [0.1, 0.15) is 5.69 Å². The lowest BCUT2D eigenvalue weighted by Gasteiger charge is -2.11. The maximum atomic E-state index is 12.5. The Bertz CT molecular complexity index is 1120. The van der Waals surface area contributed by atoms with E-state index in [4.69, 9.17) is 0 Å². The van der Waals surface area contributed by atoms with E-state index in [0.717, 1.165) is 28.3 Å². The van der Waals surface area contributed by atoms with Crippen LogP contribution in [0.4, 0.5) is 11.5 Å². The minimum atomic E-state index is -0.357. The van der Waals surface area contributed by atoms with Gasteiger partial charge < -0.3 is 10.6 Å². The zero-order valence-corrected chi connectivity index (χ0v) is 16.7. The first-order chi connectivity index (χ1) is 14.6. The van der Waals surface area contributed by atoms with Crippen LogP contribution in [0.5, 0.6) is 0 Å². The first-order valence-corrected chi connectivity index (χ1v) is 9.59. The molecule has 4 aromatic rings. The third-order valence-corrected chi connectivity index (χ3v) is 4.71. The summed E-state index contributed by atoms with van der Waals surface area (Å²) in [5.74, 6) is 0.261. The fourth-order valence-corrected chi connectivity index (χ4v) is 3.05. The second-order valence-electron chi connectivity index (χ2n) is 6.93. The Morgan fingerprint density at radius 2 is 1.80 bits per heavy atom. The van der Waals surface area contributed by atoms with Crippen LogP contribution in [0.1, 0.15) is 6.92 Å². The molecular formula is C22H22N7O+. The smallest absolute Gasteiger partial charge is 0.283 e. The number of nitrogens with two attached hydrogens (primary N) is 1. The van der Waals surface area contributed by atoms with E-state index in [-0.39, 0.29) is 11.9 Å². The molecule has 0 saturated carbocycles. The van der Waals surface area contributed by atoms with Crippen molar-refractivity contribution in [3.8, 4) is 22.6 Å². The summed E-state index contributed by atoms with van der Waals surface area (Å²) >= 11 is 0. The van der Waals surface area contributed by atoms with E-state index < -0.39 is 0 Å². The Balaban J connectivity index is 1.36. The van der Waals surface area contributed by atoms with E-state index >= 15 is 0 Å². The molecule has 0 spiro atoms. The molecule has 4 rings (SSSR count). The highest BCUT2D eigenvalue weighted by molar-refractivity contribution is 5.92. The minimum Gasteiger partial charge on any atom is -0.304 e. The third kappa shape index (κ3) is 4.39. The molecule has 8 heteroatoms. The summed E-state index contributed by atoms with van der Waals surface area (Å²) in [6.45, 7) is 1.83. The van der Waals surface area contributed by atoms with Gasteiger partial charge in [-0.15, -0.1) is 10.2 Å². The summed E-state index contributed by atoms with van der Waals surface area (Å²) in [4.78, 5) is 17.0. The molecule has 8 nitrogen and oxygen atoms in total. The number of anilines is 1. The molecule has 0 aliphatic carbocycles. The van der Waals surface area contributed by atoms with Crippen LogP contribution in [-0.4, -0.2) is 36.9 Å². The Labute approximate surface area is 174 Å². The van der Waals surface area contributed by atoms with Gasteiger partial charge in [0.05, 0.1) is 23.3 Å². The number of carbonyl (C=O) groups excluding carboxylic acids is 1. The van der Waals surface area contributed by atoms with Crippen LogP contribution >= 0.6 is 0 Å². The number of pyridine rings is 1. The van der Waals surface area contributed by atoms with E-state index in [1.807, 2.05) is 73.9 Å². The Hall–Kier alpha value is -3.91.